The van der Waals surface area contributed by atoms with Gasteiger partial charge in [-0.05, 0) is 24.3 Å². The largest absolute Gasteiger partial charge is 0.490 e. The molecule has 152 valence electrons. The number of fused-ring (bicyclic) bond motifs is 1. The Bertz CT molecular complexity index is 945. The zero-order valence-corrected chi connectivity index (χ0v) is 15.6. The number of nitro groups is 1. The van der Waals surface area contributed by atoms with Crippen LogP contribution in [0.3, 0.4) is 0 Å². The van der Waals surface area contributed by atoms with Gasteiger partial charge in [-0.1, -0.05) is 0 Å². The third kappa shape index (κ3) is 4.92. The van der Waals surface area contributed by atoms with Gasteiger partial charge in [0.1, 0.15) is 0 Å². The highest BCUT2D eigenvalue weighted by Gasteiger charge is 2.19. The fraction of sp³-hybridized carbons (Fsp3) is 0.263. The van der Waals surface area contributed by atoms with E-state index < -0.39 is 16.7 Å². The summed E-state index contributed by atoms with van der Waals surface area (Å²) >= 11 is 0. The number of hydrogen-bond acceptors (Lipinski definition) is 7. The van der Waals surface area contributed by atoms with Crippen LogP contribution >= 0.6 is 0 Å². The van der Waals surface area contributed by atoms with Gasteiger partial charge in [-0.3, -0.25) is 19.7 Å². The Hall–Kier alpha value is -3.82. The molecule has 2 amide bonds. The number of methoxy groups -OCH3 is 1. The highest BCUT2D eigenvalue weighted by atomic mass is 16.6. The van der Waals surface area contributed by atoms with Crippen LogP contribution in [0, 0.1) is 10.1 Å². The summed E-state index contributed by atoms with van der Waals surface area (Å²) in [4.78, 5) is 34.8. The number of carbonyl (C=O) groups excluding carboxylic acids is 2. The quantitative estimate of drug-likeness (QED) is 0.560. The standard InChI is InChI=1S/C19H19N3O7/c1-27-15-5-3-12(9-14(15)22(25)26)19(24)20-11-18(23)21-13-4-6-16-17(10-13)29-8-2-7-28-16/h3-6,9-10H,2,7-8,11H2,1H3,(H,20,24)(H,21,23). The Morgan fingerprint density at radius 2 is 1.90 bits per heavy atom. The van der Waals surface area contributed by atoms with Gasteiger partial charge in [0, 0.05) is 29.8 Å². The van der Waals surface area contributed by atoms with E-state index in [4.69, 9.17) is 14.2 Å². The van der Waals surface area contributed by atoms with Crippen LogP contribution in [0.4, 0.5) is 11.4 Å². The van der Waals surface area contributed by atoms with E-state index in [1.807, 2.05) is 0 Å². The molecule has 0 saturated carbocycles. The first-order chi connectivity index (χ1) is 14.0. The predicted molar refractivity (Wildman–Crippen MR) is 103 cm³/mol. The van der Waals surface area contributed by atoms with Crippen molar-refractivity contribution in [2.24, 2.45) is 0 Å². The van der Waals surface area contributed by atoms with Crippen LogP contribution in [-0.4, -0.2) is 43.6 Å². The van der Waals surface area contributed by atoms with Crippen LogP contribution in [0.2, 0.25) is 0 Å². The molecule has 2 aromatic carbocycles. The van der Waals surface area contributed by atoms with Gasteiger partial charge in [0.15, 0.2) is 17.2 Å². The van der Waals surface area contributed by atoms with E-state index >= 15 is 0 Å². The third-order valence-corrected chi connectivity index (χ3v) is 4.08. The molecule has 0 bridgehead atoms. The molecular formula is C19H19N3O7. The highest BCUT2D eigenvalue weighted by molar-refractivity contribution is 5.99. The number of nitrogens with zero attached hydrogens (tertiary/aromatic N) is 1. The van der Waals surface area contributed by atoms with Crippen molar-refractivity contribution in [3.63, 3.8) is 0 Å². The first-order valence-corrected chi connectivity index (χ1v) is 8.78. The molecule has 1 heterocycles. The molecule has 1 aliphatic rings. The number of anilines is 1. The summed E-state index contributed by atoms with van der Waals surface area (Å²) in [6.07, 6.45) is 0.770. The Morgan fingerprint density at radius 1 is 1.14 bits per heavy atom. The van der Waals surface area contributed by atoms with E-state index in [0.717, 1.165) is 12.5 Å². The van der Waals surface area contributed by atoms with Gasteiger partial charge >= 0.3 is 5.69 Å². The summed E-state index contributed by atoms with van der Waals surface area (Å²) in [6.45, 7) is 0.774. The van der Waals surface area contributed by atoms with Gasteiger partial charge in [-0.25, -0.2) is 0 Å². The number of nitrogens with one attached hydrogen (secondary N) is 2. The van der Waals surface area contributed by atoms with Crippen LogP contribution in [0.25, 0.3) is 0 Å². The zero-order valence-electron chi connectivity index (χ0n) is 15.6. The maximum absolute atomic E-state index is 12.2. The van der Waals surface area contributed by atoms with Crippen molar-refractivity contribution >= 4 is 23.2 Å². The smallest absolute Gasteiger partial charge is 0.311 e. The number of nitro benzene ring substituents is 1. The summed E-state index contributed by atoms with van der Waals surface area (Å²) in [7, 11) is 1.30. The van der Waals surface area contributed by atoms with E-state index in [-0.39, 0.29) is 23.5 Å². The van der Waals surface area contributed by atoms with Crippen LogP contribution in [0.5, 0.6) is 17.2 Å². The average molecular weight is 401 g/mol. The molecule has 0 spiro atoms. The second-order valence-electron chi connectivity index (χ2n) is 6.09. The fourth-order valence-electron chi connectivity index (χ4n) is 2.68. The van der Waals surface area contributed by atoms with Crippen LogP contribution in [0.15, 0.2) is 36.4 Å². The summed E-state index contributed by atoms with van der Waals surface area (Å²) in [5.74, 6) is 0.101. The Morgan fingerprint density at radius 3 is 2.62 bits per heavy atom. The second-order valence-corrected chi connectivity index (χ2v) is 6.09. The number of benzene rings is 2. The number of rotatable bonds is 6. The van der Waals surface area contributed by atoms with Crippen molar-refractivity contribution in [2.75, 3.05) is 32.2 Å². The van der Waals surface area contributed by atoms with Crippen molar-refractivity contribution in [1.29, 1.82) is 0 Å². The van der Waals surface area contributed by atoms with Gasteiger partial charge in [-0.15, -0.1) is 0 Å². The first-order valence-electron chi connectivity index (χ1n) is 8.78. The summed E-state index contributed by atoms with van der Waals surface area (Å²) < 4.78 is 16.0. The molecule has 0 atom stereocenters. The molecule has 10 heteroatoms. The minimum atomic E-state index is -0.646. The normalized spacial score (nSPS) is 12.4. The molecule has 2 N–H and O–H groups in total. The lowest BCUT2D eigenvalue weighted by Crippen LogP contribution is -2.32. The van der Waals surface area contributed by atoms with Crippen LogP contribution in [0.1, 0.15) is 16.8 Å². The minimum Gasteiger partial charge on any atom is -0.490 e. The molecule has 0 fully saturated rings. The molecule has 10 nitrogen and oxygen atoms in total. The fourth-order valence-corrected chi connectivity index (χ4v) is 2.68. The van der Waals surface area contributed by atoms with Crippen LogP contribution < -0.4 is 24.8 Å². The van der Waals surface area contributed by atoms with E-state index in [1.54, 1.807) is 18.2 Å². The van der Waals surface area contributed by atoms with E-state index in [1.165, 1.54) is 19.2 Å². The van der Waals surface area contributed by atoms with Crippen molar-refractivity contribution in [3.05, 3.63) is 52.1 Å². The summed E-state index contributed by atoms with van der Waals surface area (Å²) in [6, 6.07) is 8.81. The summed E-state index contributed by atoms with van der Waals surface area (Å²) in [5.41, 5.74) is 0.200. The van der Waals surface area contributed by atoms with Crippen molar-refractivity contribution in [3.8, 4) is 17.2 Å². The number of ether oxygens (including phenoxy) is 3. The highest BCUT2D eigenvalue weighted by Crippen LogP contribution is 2.32. The molecule has 0 saturated heterocycles. The Balaban J connectivity index is 1.59. The van der Waals surface area contributed by atoms with E-state index in [0.29, 0.717) is 30.4 Å². The lowest BCUT2D eigenvalue weighted by atomic mass is 10.1. The van der Waals surface area contributed by atoms with E-state index in [9.17, 15) is 19.7 Å². The Labute approximate surface area is 165 Å². The van der Waals surface area contributed by atoms with Gasteiger partial charge in [-0.2, -0.15) is 0 Å². The second kappa shape index (κ2) is 8.91. The van der Waals surface area contributed by atoms with E-state index in [2.05, 4.69) is 10.6 Å². The van der Waals surface area contributed by atoms with Gasteiger partial charge in [0.2, 0.25) is 5.91 Å². The van der Waals surface area contributed by atoms with Gasteiger partial charge in [0.05, 0.1) is 31.8 Å². The number of hydrogen-bond donors (Lipinski definition) is 2. The molecule has 0 aromatic heterocycles. The van der Waals surface area contributed by atoms with Crippen molar-refractivity contribution in [2.45, 2.75) is 6.42 Å². The molecule has 0 unspecified atom stereocenters. The molecule has 29 heavy (non-hydrogen) atoms. The first kappa shape index (κ1) is 19.9. The van der Waals surface area contributed by atoms with Crippen molar-refractivity contribution < 1.29 is 28.7 Å². The molecule has 0 aliphatic carbocycles. The lowest BCUT2D eigenvalue weighted by Gasteiger charge is -2.11. The zero-order chi connectivity index (χ0) is 20.8. The Kier molecular flexibility index (Phi) is 6.12. The SMILES string of the molecule is COc1ccc(C(=O)NCC(=O)Nc2ccc3c(c2)OCCCO3)cc1[N+](=O)[O-]. The topological polar surface area (TPSA) is 129 Å². The predicted octanol–water partition coefficient (Wildman–Crippen LogP) is 2.13. The molecule has 3 rings (SSSR count). The molecule has 1 aliphatic heterocycles. The lowest BCUT2D eigenvalue weighted by molar-refractivity contribution is -0.385. The molecule has 0 radical (unpaired) electrons. The minimum absolute atomic E-state index is 0.0405. The summed E-state index contributed by atoms with van der Waals surface area (Å²) in [5, 5.41) is 16.1. The maximum atomic E-state index is 12.2. The van der Waals surface area contributed by atoms with Gasteiger partial charge in [0.25, 0.3) is 5.91 Å². The number of carbonyl (C=O) groups is 2. The van der Waals surface area contributed by atoms with Crippen LogP contribution in [-0.2, 0) is 4.79 Å². The molecule has 2 aromatic rings. The number of amides is 2. The maximum Gasteiger partial charge on any atom is 0.311 e. The van der Waals surface area contributed by atoms with Crippen molar-refractivity contribution in [1.82, 2.24) is 5.32 Å². The third-order valence-electron chi connectivity index (χ3n) is 4.08. The monoisotopic (exact) mass is 401 g/mol. The van der Waals surface area contributed by atoms with Gasteiger partial charge < -0.3 is 24.8 Å². The average Bonchev–Trinajstić information content (AvgIpc) is 2.96. The molecular weight excluding hydrogens is 382 g/mol.